The molecule has 0 fully saturated rings. The van der Waals surface area contributed by atoms with E-state index in [1.54, 1.807) is 0 Å². The highest BCUT2D eigenvalue weighted by Crippen LogP contribution is 1.98. The van der Waals surface area contributed by atoms with Crippen molar-refractivity contribution in [2.24, 2.45) is 0 Å². The number of hydrogen-bond donors (Lipinski definition) is 1. The summed E-state index contributed by atoms with van der Waals surface area (Å²) in [5, 5.41) is 18.2. The van der Waals surface area contributed by atoms with E-state index in [0.29, 0.717) is 12.8 Å². The molecule has 28 heavy (non-hydrogen) atoms. The van der Waals surface area contributed by atoms with Crippen LogP contribution in [0.5, 0.6) is 0 Å². The zero-order valence-corrected chi connectivity index (χ0v) is 19.1. The molecule has 0 bridgehead atoms. The molecule has 0 heterocycles. The average Bonchev–Trinajstić information content (AvgIpc) is 2.53. The third kappa shape index (κ3) is 26.6. The molecule has 0 saturated heterocycles. The van der Waals surface area contributed by atoms with Gasteiger partial charge >= 0.3 is 0 Å². The molecule has 0 aliphatic heterocycles. The van der Waals surface area contributed by atoms with Crippen LogP contribution >= 0.6 is 0 Å². The standard InChI is InChI=1S/2C8H16N.C6H10O3.ClH/c2*1-5-7-9(3,4)8-6-2;1-5(6(8)9)3-2-4-7;/h2*5-6H,1-2,7-8H2,3-4H3;7H,1-4H2,(H,8,9);1H/q2*+1;;/p-2. The van der Waals surface area contributed by atoms with E-state index in [1.165, 1.54) is 0 Å². The number of aliphatic hydroxyl groups is 1. The second-order valence-corrected chi connectivity index (χ2v) is 7.47. The van der Waals surface area contributed by atoms with E-state index in [2.05, 4.69) is 61.1 Å². The van der Waals surface area contributed by atoms with Gasteiger partial charge in [-0.2, -0.15) is 0 Å². The minimum atomic E-state index is -1.23. The Balaban J connectivity index is -0.000000152. The van der Waals surface area contributed by atoms with E-state index in [1.807, 2.05) is 24.3 Å². The zero-order chi connectivity index (χ0) is 21.9. The second-order valence-electron chi connectivity index (χ2n) is 7.47. The van der Waals surface area contributed by atoms with Crippen molar-refractivity contribution in [3.8, 4) is 0 Å². The fourth-order valence-corrected chi connectivity index (χ4v) is 1.94. The number of hydrogen-bond acceptors (Lipinski definition) is 3. The summed E-state index contributed by atoms with van der Waals surface area (Å²) in [5.41, 5.74) is 0.0454. The normalized spacial score (nSPS) is 9.89. The topological polar surface area (TPSA) is 60.4 Å². The van der Waals surface area contributed by atoms with Crippen LogP contribution in [-0.2, 0) is 4.79 Å². The molecule has 5 nitrogen and oxygen atoms in total. The van der Waals surface area contributed by atoms with Crippen molar-refractivity contribution in [3.05, 3.63) is 62.8 Å². The predicted molar refractivity (Wildman–Crippen MR) is 115 cm³/mol. The number of quaternary nitrogens is 2. The van der Waals surface area contributed by atoms with Gasteiger partial charge in [-0.05, 0) is 42.7 Å². The van der Waals surface area contributed by atoms with Crippen molar-refractivity contribution in [1.82, 2.24) is 0 Å². The molecule has 0 saturated carbocycles. The highest BCUT2D eigenvalue weighted by molar-refractivity contribution is 5.83. The van der Waals surface area contributed by atoms with E-state index in [-0.39, 0.29) is 24.6 Å². The summed E-state index contributed by atoms with van der Waals surface area (Å²) in [4.78, 5) is 9.91. The van der Waals surface area contributed by atoms with Crippen LogP contribution in [0.3, 0.4) is 0 Å². The number of carbonyl (C=O) groups excluding carboxylic acids is 1. The molecule has 0 aliphatic rings. The van der Waals surface area contributed by atoms with Gasteiger partial charge in [-0.3, -0.25) is 0 Å². The Kier molecular flexibility index (Phi) is 24.3. The van der Waals surface area contributed by atoms with Gasteiger partial charge in [0.05, 0.1) is 60.3 Å². The molecule has 0 spiro atoms. The van der Waals surface area contributed by atoms with E-state index in [9.17, 15) is 9.90 Å². The molecule has 0 atom stereocenters. The van der Waals surface area contributed by atoms with Gasteiger partial charge in [-0.1, -0.05) is 32.9 Å². The number of carbonyl (C=O) groups is 1. The molecule has 0 radical (unpaired) electrons. The van der Waals surface area contributed by atoms with Crippen molar-refractivity contribution in [3.63, 3.8) is 0 Å². The number of halogens is 1. The van der Waals surface area contributed by atoms with Crippen molar-refractivity contribution in [2.45, 2.75) is 12.8 Å². The van der Waals surface area contributed by atoms with Crippen molar-refractivity contribution < 1.29 is 36.4 Å². The lowest BCUT2D eigenvalue weighted by Crippen LogP contribution is -3.00. The van der Waals surface area contributed by atoms with Gasteiger partial charge < -0.3 is 36.4 Å². The van der Waals surface area contributed by atoms with Gasteiger partial charge in [0.1, 0.15) is 0 Å². The van der Waals surface area contributed by atoms with Crippen LogP contribution in [-0.4, -0.2) is 81.0 Å². The van der Waals surface area contributed by atoms with Gasteiger partial charge in [0.2, 0.25) is 0 Å². The highest BCUT2D eigenvalue weighted by Gasteiger charge is 2.08. The van der Waals surface area contributed by atoms with Gasteiger partial charge in [-0.25, -0.2) is 0 Å². The maximum atomic E-state index is 9.91. The smallest absolute Gasteiger partial charge is 0.0969 e. The number of nitrogens with zero attached hydrogens (tertiary/aromatic N) is 2. The molecule has 0 unspecified atom stereocenters. The summed E-state index contributed by atoms with van der Waals surface area (Å²) in [6.07, 6.45) is 8.48. The van der Waals surface area contributed by atoms with Gasteiger partial charge in [0, 0.05) is 6.61 Å². The summed E-state index contributed by atoms with van der Waals surface area (Å²) in [5.74, 6) is -1.23. The predicted octanol–water partition coefficient (Wildman–Crippen LogP) is -1.06. The Morgan fingerprint density at radius 3 is 1.32 bits per heavy atom. The summed E-state index contributed by atoms with van der Waals surface area (Å²) < 4.78 is 1.90. The zero-order valence-electron chi connectivity index (χ0n) is 18.3. The monoisotopic (exact) mass is 416 g/mol. The van der Waals surface area contributed by atoms with Crippen LogP contribution in [0.2, 0.25) is 0 Å². The van der Waals surface area contributed by atoms with Crippen LogP contribution in [0.25, 0.3) is 0 Å². The van der Waals surface area contributed by atoms with Crippen LogP contribution in [0.1, 0.15) is 12.8 Å². The van der Waals surface area contributed by atoms with Crippen LogP contribution in [0.4, 0.5) is 0 Å². The third-order valence-electron chi connectivity index (χ3n) is 3.42. The first kappa shape index (κ1) is 33.9. The van der Waals surface area contributed by atoms with Gasteiger partial charge in [0.15, 0.2) is 0 Å². The molecule has 0 amide bonds. The summed E-state index contributed by atoms with van der Waals surface area (Å²) in [7, 11) is 8.62. The molecule has 6 heteroatoms. The summed E-state index contributed by atoms with van der Waals surface area (Å²) in [6, 6.07) is 0. The molecule has 1 N–H and O–H groups in total. The first-order chi connectivity index (χ1) is 12.4. The molecule has 0 aromatic carbocycles. The molecule has 0 aromatic heterocycles. The van der Waals surface area contributed by atoms with Gasteiger partial charge in [0.25, 0.3) is 0 Å². The number of aliphatic hydroxyl groups excluding tert-OH is 1. The average molecular weight is 417 g/mol. The Morgan fingerprint density at radius 1 is 0.857 bits per heavy atom. The largest absolute Gasteiger partial charge is 1.00 e. The maximum absolute atomic E-state index is 9.91. The molecule has 164 valence electrons. The Labute approximate surface area is 179 Å². The summed E-state index contributed by atoms with van der Waals surface area (Å²) in [6.45, 7) is 21.9. The molecule has 0 rings (SSSR count). The van der Waals surface area contributed by atoms with Crippen molar-refractivity contribution >= 4 is 5.97 Å². The molecular formula is C22H41ClN2O3. The first-order valence-electron chi connectivity index (χ1n) is 9.00. The van der Waals surface area contributed by atoms with E-state index >= 15 is 0 Å². The fourth-order valence-electron chi connectivity index (χ4n) is 1.94. The SMILES string of the molecule is C=C(CCCO)C(=O)[O-].C=CC[N+](C)(C)CC=C.C=CC[N+](C)(C)CC=C.[Cl-]. The Bertz CT molecular complexity index is 420. The van der Waals surface area contributed by atoms with Gasteiger partial charge in [-0.15, -0.1) is 0 Å². The number of rotatable bonds is 12. The fraction of sp³-hybridized carbons (Fsp3) is 0.500. The molecular weight excluding hydrogens is 376 g/mol. The van der Waals surface area contributed by atoms with E-state index in [4.69, 9.17) is 5.11 Å². The molecule has 0 aliphatic carbocycles. The van der Waals surface area contributed by atoms with Crippen LogP contribution < -0.4 is 17.5 Å². The maximum Gasteiger partial charge on any atom is 0.0969 e. The minimum absolute atomic E-state index is 0. The number of carboxylic acid groups (broad SMARTS) is 1. The lowest BCUT2D eigenvalue weighted by atomic mass is 10.2. The van der Waals surface area contributed by atoms with E-state index < -0.39 is 5.97 Å². The Hall–Kier alpha value is -1.66. The summed E-state index contributed by atoms with van der Waals surface area (Å²) >= 11 is 0. The number of aliphatic carboxylic acids is 1. The molecule has 0 aromatic rings. The van der Waals surface area contributed by atoms with Crippen molar-refractivity contribution in [1.29, 1.82) is 0 Å². The lowest BCUT2D eigenvalue weighted by molar-refractivity contribution is -0.878. The quantitative estimate of drug-likeness (QED) is 0.250. The first-order valence-corrected chi connectivity index (χ1v) is 9.00. The number of carboxylic acids is 1. The highest BCUT2D eigenvalue weighted by atomic mass is 35.5. The second kappa shape index (κ2) is 20.1. The Morgan fingerprint density at radius 2 is 1.14 bits per heavy atom. The van der Waals surface area contributed by atoms with Crippen molar-refractivity contribution in [2.75, 3.05) is 61.0 Å². The van der Waals surface area contributed by atoms with Crippen LogP contribution in [0, 0.1) is 0 Å². The third-order valence-corrected chi connectivity index (χ3v) is 3.42. The lowest BCUT2D eigenvalue weighted by Gasteiger charge is -2.26. The number of likely N-dealkylation sites (N-methyl/N-ethyl adjacent to an activating group) is 2. The minimum Gasteiger partial charge on any atom is -1.00 e. The van der Waals surface area contributed by atoms with E-state index in [0.717, 1.165) is 35.1 Å². The van der Waals surface area contributed by atoms with Crippen LogP contribution in [0.15, 0.2) is 62.8 Å².